The average Bonchev–Trinajstić information content (AvgIpc) is 3.13. The molecule has 0 aliphatic rings. The molecular formula is C16H13F2N5OS. The van der Waals surface area contributed by atoms with Crippen molar-refractivity contribution in [2.75, 3.05) is 10.6 Å². The third-order valence-corrected chi connectivity index (χ3v) is 3.92. The van der Waals surface area contributed by atoms with E-state index in [1.807, 2.05) is 0 Å². The first-order chi connectivity index (χ1) is 12.1. The molecule has 0 spiro atoms. The Morgan fingerprint density at radius 2 is 1.96 bits per heavy atom. The number of alkyl halides is 2. The van der Waals surface area contributed by atoms with Crippen molar-refractivity contribution >= 4 is 28.2 Å². The maximum Gasteiger partial charge on any atom is 0.263 e. The number of nitrogens with one attached hydrogen (secondary N) is 2. The van der Waals surface area contributed by atoms with Gasteiger partial charge in [0.15, 0.2) is 0 Å². The predicted octanol–water partition coefficient (Wildman–Crippen LogP) is 3.74. The molecule has 0 bridgehead atoms. The van der Waals surface area contributed by atoms with Crippen LogP contribution in [0.25, 0.3) is 0 Å². The van der Waals surface area contributed by atoms with Crippen molar-refractivity contribution in [3.05, 3.63) is 64.8 Å². The van der Waals surface area contributed by atoms with Crippen molar-refractivity contribution in [2.45, 2.75) is 13.0 Å². The maximum atomic E-state index is 12.5. The van der Waals surface area contributed by atoms with Gasteiger partial charge in [-0.15, -0.1) is 10.2 Å². The lowest BCUT2D eigenvalue weighted by molar-refractivity contribution is 0.102. The molecule has 0 saturated carbocycles. The highest BCUT2D eigenvalue weighted by Crippen LogP contribution is 2.19. The fraction of sp³-hybridized carbons (Fsp3) is 0.125. The fourth-order valence-electron chi connectivity index (χ4n) is 2.00. The Labute approximate surface area is 146 Å². The zero-order valence-electron chi connectivity index (χ0n) is 12.8. The Morgan fingerprint density at radius 3 is 2.56 bits per heavy atom. The number of carbonyl (C=O) groups is 1. The molecule has 0 saturated heterocycles. The molecule has 1 aromatic carbocycles. The second-order valence-electron chi connectivity index (χ2n) is 5.03. The van der Waals surface area contributed by atoms with E-state index in [1.54, 1.807) is 24.3 Å². The number of hydrogen-bond acceptors (Lipinski definition) is 6. The molecule has 0 fully saturated rings. The molecule has 1 amide bonds. The topological polar surface area (TPSA) is 79.8 Å². The van der Waals surface area contributed by atoms with Gasteiger partial charge in [0.05, 0.1) is 5.56 Å². The highest BCUT2D eigenvalue weighted by Gasteiger charge is 2.09. The van der Waals surface area contributed by atoms with E-state index in [9.17, 15) is 13.6 Å². The molecule has 0 aliphatic heterocycles. The summed E-state index contributed by atoms with van der Waals surface area (Å²) in [5, 5.41) is 13.5. The highest BCUT2D eigenvalue weighted by molar-refractivity contribution is 7.13. The largest absolute Gasteiger partial charge is 0.366 e. The molecule has 6 nitrogen and oxygen atoms in total. The van der Waals surface area contributed by atoms with Gasteiger partial charge in [0.1, 0.15) is 11.3 Å². The van der Waals surface area contributed by atoms with Gasteiger partial charge in [0.2, 0.25) is 5.13 Å². The van der Waals surface area contributed by atoms with Gasteiger partial charge in [-0.1, -0.05) is 35.6 Å². The van der Waals surface area contributed by atoms with Gasteiger partial charge in [0, 0.05) is 18.3 Å². The molecule has 0 aliphatic carbocycles. The monoisotopic (exact) mass is 361 g/mol. The number of hydrogen-bond donors (Lipinski definition) is 2. The zero-order valence-corrected chi connectivity index (χ0v) is 13.6. The summed E-state index contributed by atoms with van der Waals surface area (Å²) in [5.41, 5.74) is 2.76. The third kappa shape index (κ3) is 4.54. The number of carbonyl (C=O) groups excluding carboxylic acids is 1. The SMILES string of the molecule is O=C(Nc1nncs1)c1ccc(NCc2ccc(C(F)F)cc2)nc1. The van der Waals surface area contributed by atoms with Crippen LogP contribution in [0.15, 0.2) is 48.1 Å². The number of pyridine rings is 1. The molecule has 0 radical (unpaired) electrons. The Bertz CT molecular complexity index is 823. The van der Waals surface area contributed by atoms with Gasteiger partial charge >= 0.3 is 0 Å². The zero-order chi connectivity index (χ0) is 17.6. The number of benzene rings is 1. The molecule has 3 aromatic rings. The molecular weight excluding hydrogens is 348 g/mol. The number of anilines is 2. The minimum absolute atomic E-state index is 0.00679. The van der Waals surface area contributed by atoms with E-state index in [0.29, 0.717) is 23.1 Å². The third-order valence-electron chi connectivity index (χ3n) is 3.31. The minimum Gasteiger partial charge on any atom is -0.366 e. The van der Waals surface area contributed by atoms with Gasteiger partial charge in [0.25, 0.3) is 12.3 Å². The molecule has 0 atom stereocenters. The van der Waals surface area contributed by atoms with Gasteiger partial charge < -0.3 is 5.32 Å². The maximum absolute atomic E-state index is 12.5. The Hall–Kier alpha value is -2.94. The Balaban J connectivity index is 1.56. The minimum atomic E-state index is -2.47. The van der Waals surface area contributed by atoms with Crippen LogP contribution in [0, 0.1) is 0 Å². The summed E-state index contributed by atoms with van der Waals surface area (Å²) in [7, 11) is 0. The number of nitrogens with zero attached hydrogens (tertiary/aromatic N) is 3. The molecule has 2 heterocycles. The summed E-state index contributed by atoms with van der Waals surface area (Å²) in [6.45, 7) is 0.437. The first-order valence-corrected chi connectivity index (χ1v) is 8.14. The van der Waals surface area contributed by atoms with Gasteiger partial charge in [-0.3, -0.25) is 10.1 Å². The van der Waals surface area contributed by atoms with Crippen LogP contribution in [0.1, 0.15) is 27.9 Å². The smallest absolute Gasteiger partial charge is 0.263 e. The number of halogens is 2. The molecule has 3 rings (SSSR count). The van der Waals surface area contributed by atoms with Gasteiger partial charge in [-0.2, -0.15) is 0 Å². The molecule has 25 heavy (non-hydrogen) atoms. The van der Waals surface area contributed by atoms with Crippen molar-refractivity contribution < 1.29 is 13.6 Å². The predicted molar refractivity (Wildman–Crippen MR) is 90.8 cm³/mol. The number of aromatic nitrogens is 3. The normalized spacial score (nSPS) is 10.7. The summed E-state index contributed by atoms with van der Waals surface area (Å²) in [4.78, 5) is 16.2. The van der Waals surface area contributed by atoms with Crippen LogP contribution in [0.3, 0.4) is 0 Å². The summed E-state index contributed by atoms with van der Waals surface area (Å²) >= 11 is 1.22. The van der Waals surface area contributed by atoms with E-state index in [0.717, 1.165) is 5.56 Å². The molecule has 128 valence electrons. The first-order valence-electron chi connectivity index (χ1n) is 7.26. The molecule has 9 heteroatoms. The molecule has 2 aromatic heterocycles. The molecule has 0 unspecified atom stereocenters. The average molecular weight is 361 g/mol. The van der Waals surface area contributed by atoms with Crippen molar-refractivity contribution in [3.8, 4) is 0 Å². The van der Waals surface area contributed by atoms with Crippen LogP contribution in [0.4, 0.5) is 19.7 Å². The van der Waals surface area contributed by atoms with E-state index in [1.165, 1.54) is 35.2 Å². The number of amides is 1. The summed E-state index contributed by atoms with van der Waals surface area (Å²) in [6, 6.07) is 9.37. The van der Waals surface area contributed by atoms with Crippen LogP contribution in [-0.4, -0.2) is 21.1 Å². The van der Waals surface area contributed by atoms with Crippen LogP contribution < -0.4 is 10.6 Å². The van der Waals surface area contributed by atoms with Crippen molar-refractivity contribution in [1.29, 1.82) is 0 Å². The second kappa shape index (κ2) is 7.75. The Morgan fingerprint density at radius 1 is 1.16 bits per heavy atom. The Kier molecular flexibility index (Phi) is 5.24. The van der Waals surface area contributed by atoms with E-state index in [-0.39, 0.29) is 11.5 Å². The van der Waals surface area contributed by atoms with E-state index in [2.05, 4.69) is 25.8 Å². The van der Waals surface area contributed by atoms with E-state index < -0.39 is 6.43 Å². The summed E-state index contributed by atoms with van der Waals surface area (Å²) < 4.78 is 25.0. The molecule has 2 N–H and O–H groups in total. The van der Waals surface area contributed by atoms with E-state index in [4.69, 9.17) is 0 Å². The van der Waals surface area contributed by atoms with Crippen molar-refractivity contribution in [1.82, 2.24) is 15.2 Å². The lowest BCUT2D eigenvalue weighted by atomic mass is 10.1. The van der Waals surface area contributed by atoms with Crippen LogP contribution in [-0.2, 0) is 6.54 Å². The van der Waals surface area contributed by atoms with Crippen LogP contribution in [0.2, 0.25) is 0 Å². The number of rotatable bonds is 6. The van der Waals surface area contributed by atoms with Crippen molar-refractivity contribution in [2.24, 2.45) is 0 Å². The van der Waals surface area contributed by atoms with E-state index >= 15 is 0 Å². The fourth-order valence-corrected chi connectivity index (χ4v) is 2.44. The lowest BCUT2D eigenvalue weighted by Gasteiger charge is -2.07. The highest BCUT2D eigenvalue weighted by atomic mass is 32.1. The lowest BCUT2D eigenvalue weighted by Crippen LogP contribution is -2.12. The van der Waals surface area contributed by atoms with Crippen LogP contribution >= 0.6 is 11.3 Å². The quantitative estimate of drug-likeness (QED) is 0.699. The van der Waals surface area contributed by atoms with Crippen molar-refractivity contribution in [3.63, 3.8) is 0 Å². The first kappa shape index (κ1) is 16.9. The summed E-state index contributed by atoms with van der Waals surface area (Å²) in [5.74, 6) is 0.254. The summed E-state index contributed by atoms with van der Waals surface area (Å²) in [6.07, 6.45) is -1.03. The standard InChI is InChI=1S/C16H13F2N5OS/c17-14(18)11-3-1-10(2-4-11)7-19-13-6-5-12(8-20-13)15(24)22-16-23-21-9-25-16/h1-6,8-9,14H,7H2,(H,19,20)(H,22,23,24). The second-order valence-corrected chi connectivity index (χ2v) is 5.86. The van der Waals surface area contributed by atoms with Crippen LogP contribution in [0.5, 0.6) is 0 Å². The van der Waals surface area contributed by atoms with Gasteiger partial charge in [-0.25, -0.2) is 13.8 Å². The van der Waals surface area contributed by atoms with Gasteiger partial charge in [-0.05, 0) is 17.7 Å².